The van der Waals surface area contributed by atoms with Gasteiger partial charge in [0.1, 0.15) is 6.61 Å². The number of ether oxygens (including phenoxy) is 1. The van der Waals surface area contributed by atoms with Crippen molar-refractivity contribution in [3.63, 3.8) is 0 Å². The predicted octanol–water partition coefficient (Wildman–Crippen LogP) is 2.97. The number of cyclic esters (lactones) is 1. The van der Waals surface area contributed by atoms with Crippen LogP contribution in [0.5, 0.6) is 0 Å². The fraction of sp³-hybridized carbons (Fsp3) is 0.414. The number of benzene rings is 2. The first-order chi connectivity index (χ1) is 17.4. The van der Waals surface area contributed by atoms with Gasteiger partial charge < -0.3 is 20.5 Å². The maximum Gasteiger partial charge on any atom is 0.309 e. The van der Waals surface area contributed by atoms with Gasteiger partial charge in [-0.1, -0.05) is 72.8 Å². The summed E-state index contributed by atoms with van der Waals surface area (Å²) >= 11 is 0. The fourth-order valence-corrected chi connectivity index (χ4v) is 4.26. The molecule has 0 aromatic heterocycles. The minimum Gasteiger partial charge on any atom is -0.463 e. The van der Waals surface area contributed by atoms with E-state index in [0.717, 1.165) is 11.1 Å². The molecule has 0 saturated heterocycles. The highest BCUT2D eigenvalue weighted by atomic mass is 16.5. The van der Waals surface area contributed by atoms with Crippen LogP contribution in [0.2, 0.25) is 0 Å². The van der Waals surface area contributed by atoms with E-state index >= 15 is 0 Å². The van der Waals surface area contributed by atoms with Crippen LogP contribution in [-0.2, 0) is 32.0 Å². The highest BCUT2D eigenvalue weighted by molar-refractivity contribution is 5.86. The van der Waals surface area contributed by atoms with Gasteiger partial charge in [-0.05, 0) is 43.7 Å². The molecule has 1 aliphatic rings. The van der Waals surface area contributed by atoms with E-state index in [1.807, 2.05) is 72.8 Å². The summed E-state index contributed by atoms with van der Waals surface area (Å²) in [6.45, 7) is 1.66. The Labute approximate surface area is 212 Å². The Hall–Kier alpha value is -3.45. The van der Waals surface area contributed by atoms with Crippen molar-refractivity contribution in [2.75, 3.05) is 13.2 Å². The molecule has 7 heteroatoms. The summed E-state index contributed by atoms with van der Waals surface area (Å²) in [5.41, 5.74) is 2.07. The average molecular weight is 493 g/mol. The molecule has 0 unspecified atom stereocenters. The van der Waals surface area contributed by atoms with E-state index in [4.69, 9.17) is 4.74 Å². The van der Waals surface area contributed by atoms with E-state index in [1.54, 1.807) is 6.92 Å². The lowest BCUT2D eigenvalue weighted by atomic mass is 9.94. The Balaban J connectivity index is 1.63. The van der Waals surface area contributed by atoms with Crippen molar-refractivity contribution >= 4 is 17.8 Å². The maximum atomic E-state index is 12.9. The van der Waals surface area contributed by atoms with Gasteiger partial charge in [-0.2, -0.15) is 0 Å². The van der Waals surface area contributed by atoms with Gasteiger partial charge in [-0.25, -0.2) is 0 Å². The van der Waals surface area contributed by atoms with Crippen molar-refractivity contribution in [2.45, 2.75) is 51.1 Å². The van der Waals surface area contributed by atoms with Crippen molar-refractivity contribution in [3.05, 3.63) is 83.9 Å². The molecule has 0 radical (unpaired) electrons. The molecule has 4 atom stereocenters. The summed E-state index contributed by atoms with van der Waals surface area (Å²) in [6.07, 6.45) is 5.70. The van der Waals surface area contributed by atoms with E-state index in [9.17, 15) is 19.5 Å². The van der Waals surface area contributed by atoms with Crippen molar-refractivity contribution < 1.29 is 24.2 Å². The number of rotatable bonds is 8. The number of carbonyl (C=O) groups excluding carboxylic acids is 3. The summed E-state index contributed by atoms with van der Waals surface area (Å²) in [5, 5.41) is 15.5. The number of aliphatic hydroxyl groups excluding tert-OH is 1. The SMILES string of the molecule is C[C@H]1COC(=O)[C@@H](Cc2ccccc2)CC=CC[C@H](CC(=O)N[C@@H](CO)Cc2ccccc2)C(=O)N1. The molecule has 2 amide bonds. The van der Waals surface area contributed by atoms with Crippen molar-refractivity contribution in [1.29, 1.82) is 0 Å². The molecule has 7 nitrogen and oxygen atoms in total. The summed E-state index contributed by atoms with van der Waals surface area (Å²) in [4.78, 5) is 38.4. The Morgan fingerprint density at radius 3 is 2.25 bits per heavy atom. The smallest absolute Gasteiger partial charge is 0.309 e. The molecule has 0 fully saturated rings. The van der Waals surface area contributed by atoms with Crippen LogP contribution in [0.1, 0.15) is 37.3 Å². The third-order valence-electron chi connectivity index (χ3n) is 6.24. The maximum absolute atomic E-state index is 12.9. The molecule has 2 aromatic rings. The van der Waals surface area contributed by atoms with Gasteiger partial charge in [-0.15, -0.1) is 0 Å². The average Bonchev–Trinajstić information content (AvgIpc) is 2.88. The first-order valence-corrected chi connectivity index (χ1v) is 12.5. The van der Waals surface area contributed by atoms with Crippen molar-refractivity contribution in [2.24, 2.45) is 11.8 Å². The molecule has 192 valence electrons. The summed E-state index contributed by atoms with van der Waals surface area (Å²) in [6, 6.07) is 18.6. The Morgan fingerprint density at radius 2 is 1.61 bits per heavy atom. The van der Waals surface area contributed by atoms with E-state index < -0.39 is 12.0 Å². The van der Waals surface area contributed by atoms with Gasteiger partial charge in [0, 0.05) is 6.42 Å². The van der Waals surface area contributed by atoms with Gasteiger partial charge >= 0.3 is 5.97 Å². The topological polar surface area (TPSA) is 105 Å². The Morgan fingerprint density at radius 1 is 1.00 bits per heavy atom. The summed E-state index contributed by atoms with van der Waals surface area (Å²) in [5.74, 6) is -1.72. The van der Waals surface area contributed by atoms with Gasteiger partial charge in [0.15, 0.2) is 0 Å². The third kappa shape index (κ3) is 8.96. The van der Waals surface area contributed by atoms with Crippen LogP contribution < -0.4 is 10.6 Å². The number of allylic oxidation sites excluding steroid dienone is 2. The molecule has 0 saturated carbocycles. The van der Waals surface area contributed by atoms with Crippen LogP contribution in [0.4, 0.5) is 0 Å². The summed E-state index contributed by atoms with van der Waals surface area (Å²) < 4.78 is 5.51. The van der Waals surface area contributed by atoms with Crippen molar-refractivity contribution in [3.8, 4) is 0 Å². The molecule has 1 heterocycles. The first-order valence-electron chi connectivity index (χ1n) is 12.5. The highest BCUT2D eigenvalue weighted by Gasteiger charge is 2.26. The van der Waals surface area contributed by atoms with E-state index in [-0.39, 0.29) is 49.4 Å². The Kier molecular flexibility index (Phi) is 10.7. The molecule has 0 aliphatic carbocycles. The second kappa shape index (κ2) is 14.2. The fourth-order valence-electron chi connectivity index (χ4n) is 4.26. The number of aliphatic hydroxyl groups is 1. The minimum atomic E-state index is -0.567. The monoisotopic (exact) mass is 492 g/mol. The van der Waals surface area contributed by atoms with Crippen LogP contribution in [0, 0.1) is 11.8 Å². The lowest BCUT2D eigenvalue weighted by Crippen LogP contribution is -2.44. The van der Waals surface area contributed by atoms with Crippen LogP contribution >= 0.6 is 0 Å². The third-order valence-corrected chi connectivity index (χ3v) is 6.24. The summed E-state index contributed by atoms with van der Waals surface area (Å²) in [7, 11) is 0. The van der Waals surface area contributed by atoms with Crippen LogP contribution in [0.25, 0.3) is 0 Å². The molecule has 2 aromatic carbocycles. The highest BCUT2D eigenvalue weighted by Crippen LogP contribution is 2.18. The lowest BCUT2D eigenvalue weighted by molar-refractivity contribution is -0.149. The zero-order valence-electron chi connectivity index (χ0n) is 20.8. The van der Waals surface area contributed by atoms with Crippen LogP contribution in [0.15, 0.2) is 72.8 Å². The minimum absolute atomic E-state index is 0.00140. The van der Waals surface area contributed by atoms with Gasteiger partial charge in [0.2, 0.25) is 11.8 Å². The van der Waals surface area contributed by atoms with Gasteiger partial charge in [0.05, 0.1) is 30.5 Å². The van der Waals surface area contributed by atoms with Crippen LogP contribution in [0.3, 0.4) is 0 Å². The van der Waals surface area contributed by atoms with E-state index in [2.05, 4.69) is 10.6 Å². The number of carbonyl (C=O) groups is 3. The van der Waals surface area contributed by atoms with Crippen molar-refractivity contribution in [1.82, 2.24) is 10.6 Å². The number of nitrogens with one attached hydrogen (secondary N) is 2. The molecule has 3 N–H and O–H groups in total. The zero-order valence-corrected chi connectivity index (χ0v) is 20.8. The number of esters is 1. The quantitative estimate of drug-likeness (QED) is 0.388. The lowest BCUT2D eigenvalue weighted by Gasteiger charge is -2.23. The normalized spacial score (nSPS) is 21.9. The second-order valence-electron chi connectivity index (χ2n) is 9.41. The molecule has 1 aliphatic heterocycles. The van der Waals surface area contributed by atoms with Gasteiger partial charge in [-0.3, -0.25) is 14.4 Å². The molecule has 3 rings (SSSR count). The number of hydrogen-bond acceptors (Lipinski definition) is 5. The standard InChI is InChI=1S/C29H36N2O5/c1-21-20-36-29(35)25(16-22-10-4-2-5-11-22)15-9-8-14-24(28(34)30-21)18-27(33)31-26(19-32)17-23-12-6-3-7-13-23/h2-13,21,24-26,32H,14-20H2,1H3,(H,30,34)(H,31,33)/t21-,24+,25+,26+/m0/s1. The molecular formula is C29H36N2O5. The first kappa shape index (κ1) is 27.1. The molecule has 0 bridgehead atoms. The molecule has 36 heavy (non-hydrogen) atoms. The molecular weight excluding hydrogens is 456 g/mol. The largest absolute Gasteiger partial charge is 0.463 e. The van der Waals surface area contributed by atoms with Crippen LogP contribution in [-0.4, -0.2) is 48.2 Å². The zero-order chi connectivity index (χ0) is 25.8. The number of amides is 2. The number of hydrogen-bond donors (Lipinski definition) is 3. The molecule has 0 spiro atoms. The van der Waals surface area contributed by atoms with E-state index in [0.29, 0.717) is 25.7 Å². The second-order valence-corrected chi connectivity index (χ2v) is 9.41. The van der Waals surface area contributed by atoms with E-state index in [1.165, 1.54) is 0 Å². The van der Waals surface area contributed by atoms with Gasteiger partial charge in [0.25, 0.3) is 0 Å². The predicted molar refractivity (Wildman–Crippen MR) is 138 cm³/mol. The Bertz CT molecular complexity index is 1010.